The van der Waals surface area contributed by atoms with E-state index in [2.05, 4.69) is 15.0 Å². The molecule has 0 bridgehead atoms. The predicted molar refractivity (Wildman–Crippen MR) is 116 cm³/mol. The van der Waals surface area contributed by atoms with Crippen LogP contribution in [-0.4, -0.2) is 73.9 Å². The number of hydrogen-bond donors (Lipinski definition) is 0. The molecule has 0 radical (unpaired) electrons. The summed E-state index contributed by atoms with van der Waals surface area (Å²) in [5, 5.41) is 4.33. The Morgan fingerprint density at radius 1 is 1.19 bits per heavy atom. The molecule has 2 aromatic rings. The van der Waals surface area contributed by atoms with Crippen molar-refractivity contribution in [3.8, 4) is 0 Å². The van der Waals surface area contributed by atoms with Crippen molar-refractivity contribution in [2.24, 2.45) is 7.05 Å². The summed E-state index contributed by atoms with van der Waals surface area (Å²) in [6, 6.07) is 1.59. The molecule has 2 fully saturated rings. The van der Waals surface area contributed by atoms with E-state index in [9.17, 15) is 9.59 Å². The zero-order valence-electron chi connectivity index (χ0n) is 18.7. The Bertz CT molecular complexity index is 978. The molecule has 0 saturated carbocycles. The lowest BCUT2D eigenvalue weighted by Gasteiger charge is -2.43. The zero-order valence-corrected chi connectivity index (χ0v) is 18.7. The summed E-state index contributed by atoms with van der Waals surface area (Å²) in [4.78, 5) is 34.1. The maximum Gasteiger partial charge on any atom is 0.348 e. The van der Waals surface area contributed by atoms with Gasteiger partial charge in [-0.15, -0.1) is 0 Å². The van der Waals surface area contributed by atoms with Crippen molar-refractivity contribution < 1.29 is 9.53 Å². The van der Waals surface area contributed by atoms with Crippen LogP contribution in [-0.2, 0) is 23.1 Å². The SMILES string of the molecule is Cc1cc(C)n(CC(=O)N2CCO[C@@H](CN3CCCCC3)[C@@H]2c2cnn(C)c2)c(=O)n1. The number of likely N-dealkylation sites (tertiary alicyclic amines) is 1. The Morgan fingerprint density at radius 2 is 1.97 bits per heavy atom. The molecule has 0 aromatic carbocycles. The highest BCUT2D eigenvalue weighted by Crippen LogP contribution is 2.31. The average molecular weight is 429 g/mol. The second kappa shape index (κ2) is 9.32. The molecule has 4 heterocycles. The molecule has 2 aliphatic heterocycles. The van der Waals surface area contributed by atoms with Gasteiger partial charge < -0.3 is 14.5 Å². The van der Waals surface area contributed by atoms with Gasteiger partial charge in [0, 0.05) is 43.3 Å². The number of aromatic nitrogens is 4. The Balaban J connectivity index is 1.59. The van der Waals surface area contributed by atoms with E-state index in [0.717, 1.165) is 30.9 Å². The summed E-state index contributed by atoms with van der Waals surface area (Å²) in [5.74, 6) is -0.100. The van der Waals surface area contributed by atoms with E-state index in [1.165, 1.54) is 23.8 Å². The Morgan fingerprint density at radius 3 is 2.65 bits per heavy atom. The number of carbonyl (C=O) groups is 1. The third-order valence-corrected chi connectivity index (χ3v) is 6.27. The van der Waals surface area contributed by atoms with E-state index < -0.39 is 0 Å². The predicted octanol–water partition coefficient (Wildman–Crippen LogP) is 1.05. The molecule has 0 aliphatic carbocycles. The second-order valence-electron chi connectivity index (χ2n) is 8.66. The van der Waals surface area contributed by atoms with Crippen LogP contribution in [0.5, 0.6) is 0 Å². The summed E-state index contributed by atoms with van der Waals surface area (Å²) in [7, 11) is 1.87. The van der Waals surface area contributed by atoms with E-state index in [-0.39, 0.29) is 30.3 Å². The van der Waals surface area contributed by atoms with Crippen LogP contribution in [0.1, 0.15) is 42.3 Å². The van der Waals surface area contributed by atoms with Crippen molar-refractivity contribution in [3.63, 3.8) is 0 Å². The van der Waals surface area contributed by atoms with Crippen molar-refractivity contribution in [1.29, 1.82) is 0 Å². The quantitative estimate of drug-likeness (QED) is 0.708. The topological polar surface area (TPSA) is 85.5 Å². The molecule has 0 unspecified atom stereocenters. The van der Waals surface area contributed by atoms with Gasteiger partial charge >= 0.3 is 5.69 Å². The fourth-order valence-corrected chi connectivity index (χ4v) is 4.74. The van der Waals surface area contributed by atoms with Crippen LogP contribution in [0.4, 0.5) is 0 Å². The van der Waals surface area contributed by atoms with E-state index in [4.69, 9.17) is 4.74 Å². The van der Waals surface area contributed by atoms with Gasteiger partial charge in [-0.1, -0.05) is 6.42 Å². The van der Waals surface area contributed by atoms with Crippen LogP contribution in [0.15, 0.2) is 23.3 Å². The molecule has 4 rings (SSSR count). The van der Waals surface area contributed by atoms with Crippen molar-refractivity contribution in [2.75, 3.05) is 32.8 Å². The van der Waals surface area contributed by atoms with Crippen molar-refractivity contribution >= 4 is 5.91 Å². The Hall–Kier alpha value is -2.52. The number of piperidine rings is 1. The third-order valence-electron chi connectivity index (χ3n) is 6.27. The number of morpholine rings is 1. The van der Waals surface area contributed by atoms with Gasteiger partial charge in [0.05, 0.1) is 24.9 Å². The number of carbonyl (C=O) groups excluding carboxylic acids is 1. The lowest BCUT2D eigenvalue weighted by Crippen LogP contribution is -2.53. The number of amides is 1. The van der Waals surface area contributed by atoms with Crippen LogP contribution in [0, 0.1) is 13.8 Å². The summed E-state index contributed by atoms with van der Waals surface area (Å²) in [6.45, 7) is 7.49. The molecular weight excluding hydrogens is 396 g/mol. The molecular formula is C22H32N6O3. The maximum absolute atomic E-state index is 13.4. The van der Waals surface area contributed by atoms with Crippen LogP contribution < -0.4 is 5.69 Å². The second-order valence-corrected chi connectivity index (χ2v) is 8.66. The number of aryl methyl sites for hydroxylation is 3. The minimum atomic E-state index is -0.387. The standard InChI is InChI=1S/C22H32N6O3/c1-16-11-17(2)28(22(30)24-16)15-20(29)27-9-10-31-19(14-26-7-5-4-6-8-26)21(27)18-12-23-25(3)13-18/h11-13,19,21H,4-10,14-15H2,1-3H3/t19-,21-/m0/s1. The fraction of sp³-hybridized carbons (Fsp3) is 0.636. The van der Waals surface area contributed by atoms with E-state index in [1.54, 1.807) is 11.6 Å². The highest BCUT2D eigenvalue weighted by atomic mass is 16.5. The normalized spacial score (nSPS) is 22.6. The third kappa shape index (κ3) is 4.88. The van der Waals surface area contributed by atoms with Gasteiger partial charge in [0.2, 0.25) is 5.91 Å². The fourth-order valence-electron chi connectivity index (χ4n) is 4.74. The minimum absolute atomic E-state index is 0.0227. The first-order chi connectivity index (χ1) is 14.9. The molecule has 31 heavy (non-hydrogen) atoms. The number of ether oxygens (including phenoxy) is 1. The van der Waals surface area contributed by atoms with Crippen LogP contribution in [0.25, 0.3) is 0 Å². The Labute approximate surface area is 182 Å². The molecule has 2 aliphatic rings. The van der Waals surface area contributed by atoms with Crippen molar-refractivity contribution in [1.82, 2.24) is 29.1 Å². The van der Waals surface area contributed by atoms with E-state index in [0.29, 0.717) is 18.8 Å². The molecule has 0 N–H and O–H groups in total. The largest absolute Gasteiger partial charge is 0.373 e. The highest BCUT2D eigenvalue weighted by molar-refractivity contribution is 5.77. The summed E-state index contributed by atoms with van der Waals surface area (Å²) in [5.41, 5.74) is 1.97. The molecule has 2 aromatic heterocycles. The first-order valence-corrected chi connectivity index (χ1v) is 11.1. The van der Waals surface area contributed by atoms with Crippen LogP contribution in [0.2, 0.25) is 0 Å². The van der Waals surface area contributed by atoms with Gasteiger partial charge in [-0.05, 0) is 45.8 Å². The van der Waals surface area contributed by atoms with Crippen LogP contribution in [0.3, 0.4) is 0 Å². The molecule has 168 valence electrons. The molecule has 9 heteroatoms. The molecule has 1 amide bonds. The van der Waals surface area contributed by atoms with Gasteiger partial charge in [-0.25, -0.2) is 4.79 Å². The molecule has 2 atom stereocenters. The first kappa shape index (κ1) is 21.7. The van der Waals surface area contributed by atoms with Crippen LogP contribution >= 0.6 is 0 Å². The van der Waals surface area contributed by atoms with Gasteiger partial charge in [0.15, 0.2) is 0 Å². The molecule has 0 spiro atoms. The van der Waals surface area contributed by atoms with Gasteiger partial charge in [0.1, 0.15) is 6.54 Å². The zero-order chi connectivity index (χ0) is 22.0. The lowest BCUT2D eigenvalue weighted by molar-refractivity contribution is -0.149. The summed E-state index contributed by atoms with van der Waals surface area (Å²) < 4.78 is 9.40. The van der Waals surface area contributed by atoms with Gasteiger partial charge in [0.25, 0.3) is 0 Å². The lowest BCUT2D eigenvalue weighted by atomic mass is 9.99. The number of rotatable bonds is 5. The van der Waals surface area contributed by atoms with E-state index in [1.807, 2.05) is 37.3 Å². The Kier molecular flexibility index (Phi) is 6.52. The number of hydrogen-bond acceptors (Lipinski definition) is 6. The van der Waals surface area contributed by atoms with E-state index >= 15 is 0 Å². The molecule has 2 saturated heterocycles. The summed E-state index contributed by atoms with van der Waals surface area (Å²) >= 11 is 0. The summed E-state index contributed by atoms with van der Waals surface area (Å²) in [6.07, 6.45) is 7.32. The van der Waals surface area contributed by atoms with Crippen molar-refractivity contribution in [2.45, 2.75) is 51.8 Å². The highest BCUT2D eigenvalue weighted by Gasteiger charge is 2.38. The first-order valence-electron chi connectivity index (χ1n) is 11.1. The average Bonchev–Trinajstić information content (AvgIpc) is 3.17. The monoisotopic (exact) mass is 428 g/mol. The minimum Gasteiger partial charge on any atom is -0.373 e. The number of nitrogens with zero attached hydrogens (tertiary/aromatic N) is 6. The van der Waals surface area contributed by atoms with Gasteiger partial charge in [-0.2, -0.15) is 10.1 Å². The smallest absolute Gasteiger partial charge is 0.348 e. The maximum atomic E-state index is 13.4. The van der Waals surface area contributed by atoms with Gasteiger partial charge in [-0.3, -0.25) is 14.0 Å². The molecule has 9 nitrogen and oxygen atoms in total. The van der Waals surface area contributed by atoms with Crippen molar-refractivity contribution in [3.05, 3.63) is 45.9 Å².